The molecule has 2 heterocycles. The summed E-state index contributed by atoms with van der Waals surface area (Å²) in [6, 6.07) is 8.43. The highest BCUT2D eigenvalue weighted by Crippen LogP contribution is 2.39. The molecule has 0 amide bonds. The second-order valence-corrected chi connectivity index (χ2v) is 8.07. The summed E-state index contributed by atoms with van der Waals surface area (Å²) < 4.78 is 0. The van der Waals surface area contributed by atoms with Gasteiger partial charge in [-0.2, -0.15) is 0 Å². The van der Waals surface area contributed by atoms with E-state index in [-0.39, 0.29) is 5.71 Å². The van der Waals surface area contributed by atoms with Crippen LogP contribution in [0.15, 0.2) is 70.1 Å². The van der Waals surface area contributed by atoms with Gasteiger partial charge in [0.15, 0.2) is 0 Å². The predicted octanol–water partition coefficient (Wildman–Crippen LogP) is 1.27. The summed E-state index contributed by atoms with van der Waals surface area (Å²) in [4.78, 5) is 52.4. The molecular formula is C22H19N3O8S. The van der Waals surface area contributed by atoms with Crippen molar-refractivity contribution >= 4 is 46.6 Å². The first kappa shape index (κ1) is 24.4. The van der Waals surface area contributed by atoms with E-state index >= 15 is 0 Å². The minimum absolute atomic E-state index is 0.260. The zero-order valence-electron chi connectivity index (χ0n) is 17.3. The second kappa shape index (κ2) is 9.68. The Morgan fingerprint density at radius 3 is 2.18 bits per heavy atom. The molecule has 7 N–H and O–H groups in total. The Morgan fingerprint density at radius 1 is 1.00 bits per heavy atom. The van der Waals surface area contributed by atoms with Crippen molar-refractivity contribution in [1.82, 2.24) is 0 Å². The van der Waals surface area contributed by atoms with Gasteiger partial charge in [0.2, 0.25) is 0 Å². The third kappa shape index (κ3) is 4.58. The van der Waals surface area contributed by atoms with Crippen molar-refractivity contribution in [3.05, 3.63) is 75.5 Å². The first-order valence-electron chi connectivity index (χ1n) is 9.66. The molecule has 1 aliphatic heterocycles. The summed E-state index contributed by atoms with van der Waals surface area (Å²) in [6.07, 6.45) is 0.787. The number of carboxylic acids is 4. The molecule has 0 saturated heterocycles. The molecule has 0 fully saturated rings. The van der Waals surface area contributed by atoms with Crippen molar-refractivity contribution in [2.75, 3.05) is 11.9 Å². The molecule has 2 unspecified atom stereocenters. The van der Waals surface area contributed by atoms with Gasteiger partial charge in [-0.05, 0) is 11.4 Å². The normalized spacial score (nSPS) is 20.4. The summed E-state index contributed by atoms with van der Waals surface area (Å²) in [5, 5.41) is 43.0. The molecular weight excluding hydrogens is 466 g/mol. The Balaban J connectivity index is 2.48. The van der Waals surface area contributed by atoms with Crippen molar-refractivity contribution in [2.45, 2.75) is 11.6 Å². The van der Waals surface area contributed by atoms with E-state index in [2.05, 4.69) is 10.3 Å². The molecule has 0 spiro atoms. The topological polar surface area (TPSA) is 200 Å². The van der Waals surface area contributed by atoms with Gasteiger partial charge >= 0.3 is 23.9 Å². The van der Waals surface area contributed by atoms with E-state index in [1.54, 1.807) is 41.8 Å². The SMILES string of the molecule is NCC1(/C(=C/C(=O)O)C(=O)O)Nc2ccsc2C(c2ccccc2)=NC1/C(=C/C(=O)O)C(=O)O. The number of carbonyl (C=O) groups is 4. The fourth-order valence-corrected chi connectivity index (χ4v) is 4.59. The van der Waals surface area contributed by atoms with Crippen LogP contribution < -0.4 is 11.1 Å². The van der Waals surface area contributed by atoms with Crippen molar-refractivity contribution in [3.63, 3.8) is 0 Å². The summed E-state index contributed by atoms with van der Waals surface area (Å²) >= 11 is 1.22. The summed E-state index contributed by atoms with van der Waals surface area (Å²) in [5.41, 5.74) is 3.43. The molecule has 176 valence electrons. The minimum atomic E-state index is -2.13. The van der Waals surface area contributed by atoms with Gasteiger partial charge in [0.05, 0.1) is 27.4 Å². The van der Waals surface area contributed by atoms with Crippen molar-refractivity contribution in [2.24, 2.45) is 10.7 Å². The maximum absolute atomic E-state index is 12.2. The van der Waals surface area contributed by atoms with E-state index in [4.69, 9.17) is 5.73 Å². The third-order valence-corrected chi connectivity index (χ3v) is 6.05. The van der Waals surface area contributed by atoms with E-state index in [1.165, 1.54) is 11.3 Å². The smallest absolute Gasteiger partial charge is 0.334 e. The van der Waals surface area contributed by atoms with Gasteiger partial charge < -0.3 is 31.5 Å². The van der Waals surface area contributed by atoms with Gasteiger partial charge in [-0.1, -0.05) is 30.3 Å². The number of aliphatic carboxylic acids is 4. The largest absolute Gasteiger partial charge is 0.478 e. The molecule has 11 nitrogen and oxygen atoms in total. The number of benzene rings is 1. The number of hydrogen-bond acceptors (Lipinski definition) is 8. The lowest BCUT2D eigenvalue weighted by atomic mass is 9.78. The van der Waals surface area contributed by atoms with Crippen LogP contribution in [0.1, 0.15) is 10.4 Å². The number of aliphatic imine (C=N–C) groups is 1. The number of anilines is 1. The third-order valence-electron chi connectivity index (χ3n) is 5.13. The van der Waals surface area contributed by atoms with Gasteiger partial charge in [0, 0.05) is 24.3 Å². The van der Waals surface area contributed by atoms with E-state index in [0.29, 0.717) is 28.3 Å². The van der Waals surface area contributed by atoms with Gasteiger partial charge in [-0.15, -0.1) is 11.3 Å². The number of fused-ring (bicyclic) bond motifs is 1. The fraction of sp³-hybridized carbons (Fsp3) is 0.136. The minimum Gasteiger partial charge on any atom is -0.478 e. The second-order valence-electron chi connectivity index (χ2n) is 7.15. The average Bonchev–Trinajstić information content (AvgIpc) is 3.18. The van der Waals surface area contributed by atoms with E-state index in [1.807, 2.05) is 0 Å². The predicted molar refractivity (Wildman–Crippen MR) is 122 cm³/mol. The molecule has 1 aromatic carbocycles. The van der Waals surface area contributed by atoms with Crippen molar-refractivity contribution in [3.8, 4) is 0 Å². The Morgan fingerprint density at radius 2 is 1.65 bits per heavy atom. The van der Waals surface area contributed by atoms with E-state index in [0.717, 1.165) is 0 Å². The molecule has 34 heavy (non-hydrogen) atoms. The van der Waals surface area contributed by atoms with Crippen molar-refractivity contribution < 1.29 is 39.6 Å². The lowest BCUT2D eigenvalue weighted by molar-refractivity contribution is -0.136. The number of thiophene rings is 1. The maximum atomic E-state index is 12.2. The van der Waals surface area contributed by atoms with Crippen LogP contribution in [0, 0.1) is 0 Å². The van der Waals surface area contributed by atoms with Crippen LogP contribution in [0.5, 0.6) is 0 Å². The quantitative estimate of drug-likeness (QED) is 0.296. The Hall–Kier alpha value is -4.29. The van der Waals surface area contributed by atoms with E-state index in [9.17, 15) is 39.6 Å². The highest BCUT2D eigenvalue weighted by molar-refractivity contribution is 7.13. The van der Waals surface area contributed by atoms with Gasteiger partial charge in [-0.3, -0.25) is 4.99 Å². The standard InChI is InChI=1S/C22H19N3O8S/c23-10-22(13(21(32)33)9-16(28)29)19(12(20(30)31)8-15(26)27)24-17(11-4-2-1-3-5-11)18-14(25-22)6-7-34-18/h1-9,19,25H,10,23H2,(H,26,27)(H,28,29)(H,30,31)(H,32,33)/b12-8-,13-9+. The molecule has 0 bridgehead atoms. The lowest BCUT2D eigenvalue weighted by Gasteiger charge is -2.39. The Bertz CT molecular complexity index is 1250. The van der Waals surface area contributed by atoms with Crippen LogP contribution in [0.2, 0.25) is 0 Å². The molecule has 0 radical (unpaired) electrons. The summed E-state index contributed by atoms with van der Waals surface area (Å²) in [6.45, 7) is -0.631. The molecule has 2 aromatic rings. The molecule has 3 rings (SSSR count). The summed E-state index contributed by atoms with van der Waals surface area (Å²) in [5.74, 6) is -6.61. The first-order chi connectivity index (χ1) is 16.1. The lowest BCUT2D eigenvalue weighted by Crippen LogP contribution is -2.58. The number of nitrogens with one attached hydrogen (secondary N) is 1. The van der Waals surface area contributed by atoms with E-state index < -0.39 is 53.1 Å². The monoisotopic (exact) mass is 485 g/mol. The van der Waals surface area contributed by atoms with Crippen molar-refractivity contribution in [1.29, 1.82) is 0 Å². The molecule has 2 atom stereocenters. The number of nitrogens with two attached hydrogens (primary N) is 1. The van der Waals surface area contributed by atoms with Crippen LogP contribution in [0.4, 0.5) is 5.69 Å². The van der Waals surface area contributed by atoms with Crippen LogP contribution in [-0.2, 0) is 19.2 Å². The Labute approximate surface area is 196 Å². The molecule has 1 aromatic heterocycles. The number of hydrogen-bond donors (Lipinski definition) is 6. The highest BCUT2D eigenvalue weighted by Gasteiger charge is 2.50. The zero-order valence-corrected chi connectivity index (χ0v) is 18.2. The maximum Gasteiger partial charge on any atom is 0.334 e. The fourth-order valence-electron chi connectivity index (χ4n) is 3.72. The van der Waals surface area contributed by atoms with Gasteiger partial charge in [-0.25, -0.2) is 19.2 Å². The molecule has 12 heteroatoms. The molecule has 0 saturated carbocycles. The summed E-state index contributed by atoms with van der Waals surface area (Å²) in [7, 11) is 0. The Kier molecular flexibility index (Phi) is 6.94. The van der Waals surface area contributed by atoms with Crippen LogP contribution >= 0.6 is 11.3 Å². The first-order valence-corrected chi connectivity index (χ1v) is 10.5. The number of rotatable bonds is 8. The van der Waals surface area contributed by atoms with Gasteiger partial charge in [0.25, 0.3) is 0 Å². The number of nitrogens with zero attached hydrogens (tertiary/aromatic N) is 1. The zero-order chi connectivity index (χ0) is 25.0. The average molecular weight is 485 g/mol. The molecule has 0 aliphatic carbocycles. The van der Waals surface area contributed by atoms with Gasteiger partial charge in [0.1, 0.15) is 11.6 Å². The highest BCUT2D eigenvalue weighted by atomic mass is 32.1. The number of carboxylic acid groups (broad SMARTS) is 4. The van der Waals surface area contributed by atoms with Crippen LogP contribution in [0.25, 0.3) is 0 Å². The van der Waals surface area contributed by atoms with Crippen LogP contribution in [0.3, 0.4) is 0 Å². The van der Waals surface area contributed by atoms with Crippen LogP contribution in [-0.4, -0.2) is 68.1 Å². The molecule has 1 aliphatic rings.